The van der Waals surface area contributed by atoms with E-state index in [1.807, 2.05) is 0 Å². The highest BCUT2D eigenvalue weighted by Crippen LogP contribution is 2.30. The molecule has 0 aromatic heterocycles. The van der Waals surface area contributed by atoms with Crippen molar-refractivity contribution < 1.29 is 26.3 Å². The van der Waals surface area contributed by atoms with Gasteiger partial charge in [0.1, 0.15) is 0 Å². The average molecular weight is 332 g/mol. The fourth-order valence-corrected chi connectivity index (χ4v) is 2.35. The summed E-state index contributed by atoms with van der Waals surface area (Å²) in [6.07, 6.45) is 0. The number of hydrogen-bond acceptors (Lipinski definition) is 4. The number of benzene rings is 1. The van der Waals surface area contributed by atoms with E-state index in [4.69, 9.17) is 16.3 Å². The first kappa shape index (κ1) is 17.1. The summed E-state index contributed by atoms with van der Waals surface area (Å²) >= 11 is 5.67. The molecule has 1 N–H and O–H groups in total. The second-order valence-corrected chi connectivity index (χ2v) is 6.17. The molecule has 0 bridgehead atoms. The Bertz CT molecular complexity index is 531. The third kappa shape index (κ3) is 4.00. The van der Waals surface area contributed by atoms with E-state index in [0.29, 0.717) is 12.3 Å². The molecule has 0 aliphatic rings. The molecule has 0 radical (unpaired) electrons. The van der Waals surface area contributed by atoms with Gasteiger partial charge in [0.05, 0.1) is 17.5 Å². The van der Waals surface area contributed by atoms with Crippen LogP contribution < -0.4 is 5.32 Å². The zero-order valence-electron chi connectivity index (χ0n) is 10.4. The van der Waals surface area contributed by atoms with E-state index in [1.165, 1.54) is 19.2 Å². The van der Waals surface area contributed by atoms with Gasteiger partial charge in [-0.2, -0.15) is 13.2 Å². The lowest BCUT2D eigenvalue weighted by Crippen LogP contribution is -2.26. The van der Waals surface area contributed by atoms with Gasteiger partial charge in [-0.3, -0.25) is 0 Å². The third-order valence-corrected chi connectivity index (χ3v) is 4.27. The Hall–Kier alpha value is -0.990. The maximum Gasteiger partial charge on any atom is 0.501 e. The molecule has 0 amide bonds. The molecule has 114 valence electrons. The fraction of sp³-hybridized carbons (Fsp3) is 0.455. The molecule has 0 saturated carbocycles. The molecule has 1 rings (SSSR count). The summed E-state index contributed by atoms with van der Waals surface area (Å²) in [5.41, 5.74) is -4.86. The number of anilines is 1. The molecular weight excluding hydrogens is 319 g/mol. The summed E-state index contributed by atoms with van der Waals surface area (Å²) in [5, 5.41) is 2.91. The number of halogens is 4. The van der Waals surface area contributed by atoms with Gasteiger partial charge in [0.25, 0.3) is 9.84 Å². The van der Waals surface area contributed by atoms with Crippen molar-refractivity contribution in [3.63, 3.8) is 0 Å². The van der Waals surface area contributed by atoms with Gasteiger partial charge in [0.2, 0.25) is 0 Å². The van der Waals surface area contributed by atoms with Gasteiger partial charge >= 0.3 is 5.51 Å². The van der Waals surface area contributed by atoms with Crippen LogP contribution in [0.15, 0.2) is 29.2 Å². The van der Waals surface area contributed by atoms with Crippen LogP contribution in [0.3, 0.4) is 0 Å². The minimum Gasteiger partial charge on any atom is -0.383 e. The largest absolute Gasteiger partial charge is 0.501 e. The number of methoxy groups -OCH3 is 1. The van der Waals surface area contributed by atoms with Crippen LogP contribution in [0.2, 0.25) is 0 Å². The summed E-state index contributed by atoms with van der Waals surface area (Å²) in [5.74, 6) is 0.233. The van der Waals surface area contributed by atoms with Crippen molar-refractivity contribution in [2.45, 2.75) is 16.4 Å². The maximum atomic E-state index is 12.3. The van der Waals surface area contributed by atoms with Crippen LogP contribution in [0.1, 0.15) is 0 Å². The highest BCUT2D eigenvalue weighted by atomic mass is 35.5. The van der Waals surface area contributed by atoms with Crippen LogP contribution in [0.25, 0.3) is 0 Å². The van der Waals surface area contributed by atoms with E-state index >= 15 is 0 Å². The Morgan fingerprint density at radius 3 is 2.25 bits per heavy atom. The van der Waals surface area contributed by atoms with Crippen LogP contribution >= 0.6 is 11.6 Å². The van der Waals surface area contributed by atoms with Crippen LogP contribution in [0.4, 0.5) is 18.9 Å². The van der Waals surface area contributed by atoms with Crippen LogP contribution in [0, 0.1) is 0 Å². The van der Waals surface area contributed by atoms with Gasteiger partial charge in [-0.05, 0) is 24.3 Å². The lowest BCUT2D eigenvalue weighted by molar-refractivity contribution is -0.0436. The minimum absolute atomic E-state index is 0.230. The van der Waals surface area contributed by atoms with Crippen LogP contribution in [0.5, 0.6) is 0 Å². The lowest BCUT2D eigenvalue weighted by Gasteiger charge is -2.16. The molecule has 1 aromatic carbocycles. The highest BCUT2D eigenvalue weighted by Gasteiger charge is 2.46. The molecule has 0 fully saturated rings. The first-order chi connectivity index (χ1) is 9.22. The Morgan fingerprint density at radius 1 is 1.30 bits per heavy atom. The second-order valence-electron chi connectivity index (χ2n) is 3.92. The molecule has 20 heavy (non-hydrogen) atoms. The van der Waals surface area contributed by atoms with E-state index in [1.54, 1.807) is 0 Å². The average Bonchev–Trinajstić information content (AvgIpc) is 2.37. The molecule has 0 saturated heterocycles. The lowest BCUT2D eigenvalue weighted by atomic mass is 10.3. The Balaban J connectivity index is 2.90. The highest BCUT2D eigenvalue weighted by molar-refractivity contribution is 7.92. The summed E-state index contributed by atoms with van der Waals surface area (Å²) in [4.78, 5) is -0.801. The SMILES string of the molecule is COCC(CCl)Nc1ccc(S(=O)(=O)C(F)(F)F)cc1. The number of alkyl halides is 4. The minimum atomic E-state index is -5.32. The quantitative estimate of drug-likeness (QED) is 0.814. The first-order valence-electron chi connectivity index (χ1n) is 5.45. The summed E-state index contributed by atoms with van der Waals surface area (Å²) in [6, 6.07) is 4.04. The molecule has 0 aliphatic heterocycles. The van der Waals surface area contributed by atoms with E-state index in [-0.39, 0.29) is 11.9 Å². The van der Waals surface area contributed by atoms with Gasteiger partial charge in [-0.25, -0.2) is 8.42 Å². The smallest absolute Gasteiger partial charge is 0.383 e. The van der Waals surface area contributed by atoms with Crippen molar-refractivity contribution >= 4 is 27.1 Å². The van der Waals surface area contributed by atoms with E-state index < -0.39 is 20.2 Å². The van der Waals surface area contributed by atoms with Crippen molar-refractivity contribution in [2.24, 2.45) is 0 Å². The molecule has 4 nitrogen and oxygen atoms in total. The number of hydrogen-bond donors (Lipinski definition) is 1. The van der Waals surface area contributed by atoms with Crippen molar-refractivity contribution in [2.75, 3.05) is 24.9 Å². The fourth-order valence-electron chi connectivity index (χ4n) is 1.43. The van der Waals surface area contributed by atoms with Crippen LogP contribution in [-0.4, -0.2) is 39.6 Å². The van der Waals surface area contributed by atoms with Gasteiger partial charge in [-0.1, -0.05) is 0 Å². The molecule has 9 heteroatoms. The first-order valence-corrected chi connectivity index (χ1v) is 7.47. The Kier molecular flexibility index (Phi) is 5.67. The van der Waals surface area contributed by atoms with Crippen molar-refractivity contribution in [3.8, 4) is 0 Å². The number of nitrogens with one attached hydrogen (secondary N) is 1. The summed E-state index contributed by atoms with van der Waals surface area (Å²) < 4.78 is 64.3. The predicted molar refractivity (Wildman–Crippen MR) is 69.7 cm³/mol. The van der Waals surface area contributed by atoms with Crippen molar-refractivity contribution in [1.29, 1.82) is 0 Å². The normalized spacial score (nSPS) is 14.1. The topological polar surface area (TPSA) is 55.4 Å². The van der Waals surface area contributed by atoms with E-state index in [9.17, 15) is 21.6 Å². The zero-order valence-corrected chi connectivity index (χ0v) is 12.0. The Morgan fingerprint density at radius 2 is 1.85 bits per heavy atom. The molecule has 1 aromatic rings. The van der Waals surface area contributed by atoms with Crippen molar-refractivity contribution in [1.82, 2.24) is 0 Å². The molecule has 0 heterocycles. The molecule has 0 aliphatic carbocycles. The molecular formula is C11H13ClF3NO3S. The number of sulfone groups is 1. The molecule has 1 unspecified atom stereocenters. The second kappa shape index (κ2) is 6.64. The van der Waals surface area contributed by atoms with Gasteiger partial charge < -0.3 is 10.1 Å². The van der Waals surface area contributed by atoms with Gasteiger partial charge in [0, 0.05) is 18.7 Å². The van der Waals surface area contributed by atoms with E-state index in [0.717, 1.165) is 12.1 Å². The third-order valence-electron chi connectivity index (χ3n) is 2.39. The standard InChI is InChI=1S/C11H13ClF3NO3S/c1-19-7-9(6-12)16-8-2-4-10(5-3-8)20(17,18)11(13,14)15/h2-5,9,16H,6-7H2,1H3. The van der Waals surface area contributed by atoms with E-state index in [2.05, 4.69) is 5.32 Å². The Labute approximate surface area is 119 Å². The van der Waals surface area contributed by atoms with Gasteiger partial charge in [0.15, 0.2) is 0 Å². The maximum absolute atomic E-state index is 12.3. The monoisotopic (exact) mass is 331 g/mol. The van der Waals surface area contributed by atoms with Crippen molar-refractivity contribution in [3.05, 3.63) is 24.3 Å². The molecule has 1 atom stereocenters. The predicted octanol–water partition coefficient (Wildman–Crippen LogP) is 2.65. The van der Waals surface area contributed by atoms with Gasteiger partial charge in [-0.15, -0.1) is 11.6 Å². The summed E-state index contributed by atoms with van der Waals surface area (Å²) in [7, 11) is -3.83. The number of rotatable bonds is 6. The zero-order chi connectivity index (χ0) is 15.4. The number of ether oxygens (including phenoxy) is 1. The van der Waals surface area contributed by atoms with Crippen LogP contribution in [-0.2, 0) is 14.6 Å². The molecule has 0 spiro atoms. The summed E-state index contributed by atoms with van der Waals surface area (Å²) in [6.45, 7) is 0.312.